The van der Waals surface area contributed by atoms with E-state index in [1.807, 2.05) is 6.07 Å². The van der Waals surface area contributed by atoms with Crippen molar-refractivity contribution in [2.75, 3.05) is 5.32 Å². The van der Waals surface area contributed by atoms with Crippen LogP contribution >= 0.6 is 23.2 Å². The standard InChI is InChI=1S/C28H32Cl2FN3O4/c1-27(2,3)12-22-28(16-6-5-14(29)9-19(16)33-26(28)38)23(13-4-7-18(31)17(30)8-13)24(34-22)25(37)32-15-10-20(35)21(36)11-15/h4-9,15,20-24,34-36H,10-12H2,1-3H3,(H,32,37)(H,33,38)/t15-,20+,21-,22-,23+,24-,28+/m1/s1. The minimum Gasteiger partial charge on any atom is -0.390 e. The van der Waals surface area contributed by atoms with Gasteiger partial charge >= 0.3 is 0 Å². The maximum atomic E-state index is 14.2. The number of anilines is 1. The summed E-state index contributed by atoms with van der Waals surface area (Å²) in [5, 5.41) is 29.8. The fraction of sp³-hybridized carbons (Fsp3) is 0.500. The second kappa shape index (κ2) is 9.75. The van der Waals surface area contributed by atoms with Crippen LogP contribution in [-0.2, 0) is 15.0 Å². The van der Waals surface area contributed by atoms with Gasteiger partial charge in [-0.2, -0.15) is 0 Å². The number of fused-ring (bicyclic) bond motifs is 2. The van der Waals surface area contributed by atoms with Crippen molar-refractivity contribution in [1.82, 2.24) is 10.6 Å². The van der Waals surface area contributed by atoms with Crippen LogP contribution in [0.4, 0.5) is 10.1 Å². The Kier molecular flexibility index (Phi) is 7.02. The third kappa shape index (κ3) is 4.60. The van der Waals surface area contributed by atoms with E-state index in [1.165, 1.54) is 12.1 Å². The van der Waals surface area contributed by atoms with Gasteiger partial charge < -0.3 is 26.2 Å². The minimum atomic E-state index is -1.22. The van der Waals surface area contributed by atoms with Crippen molar-refractivity contribution < 1.29 is 24.2 Å². The van der Waals surface area contributed by atoms with Crippen LogP contribution in [0, 0.1) is 11.2 Å². The number of halogens is 3. The molecule has 7 nitrogen and oxygen atoms in total. The number of nitrogens with one attached hydrogen (secondary N) is 3. The van der Waals surface area contributed by atoms with Crippen LogP contribution in [0.15, 0.2) is 36.4 Å². The summed E-state index contributed by atoms with van der Waals surface area (Å²) >= 11 is 12.5. The number of amides is 2. The second-order valence-corrected chi connectivity index (χ2v) is 12.8. The maximum Gasteiger partial charge on any atom is 0.238 e. The predicted octanol–water partition coefficient (Wildman–Crippen LogP) is 3.88. The number of carbonyl (C=O) groups excluding carboxylic acids is 2. The van der Waals surface area contributed by atoms with Gasteiger partial charge in [-0.15, -0.1) is 0 Å². The molecular weight excluding hydrogens is 532 g/mol. The fourth-order valence-corrected chi connectivity index (χ4v) is 6.89. The number of aliphatic hydroxyl groups excluding tert-OH is 2. The van der Waals surface area contributed by atoms with Gasteiger partial charge in [0, 0.05) is 28.7 Å². The monoisotopic (exact) mass is 563 g/mol. The minimum absolute atomic E-state index is 0.104. The molecule has 2 fully saturated rings. The molecule has 2 amide bonds. The Hall–Kier alpha value is -2.23. The second-order valence-electron chi connectivity index (χ2n) is 11.9. The molecule has 0 unspecified atom stereocenters. The molecule has 5 rings (SSSR count). The first-order valence-corrected chi connectivity index (χ1v) is 13.6. The highest BCUT2D eigenvalue weighted by molar-refractivity contribution is 6.31. The highest BCUT2D eigenvalue weighted by atomic mass is 35.5. The zero-order valence-corrected chi connectivity index (χ0v) is 22.9. The van der Waals surface area contributed by atoms with Crippen LogP contribution in [0.1, 0.15) is 57.1 Å². The number of carbonyl (C=O) groups is 2. The molecule has 2 aromatic carbocycles. The molecule has 204 valence electrons. The van der Waals surface area contributed by atoms with Gasteiger partial charge in [0.05, 0.1) is 23.3 Å². The zero-order valence-electron chi connectivity index (χ0n) is 21.4. The summed E-state index contributed by atoms with van der Waals surface area (Å²) < 4.78 is 14.2. The smallest absolute Gasteiger partial charge is 0.238 e. The first kappa shape index (κ1) is 27.3. The van der Waals surface area contributed by atoms with Gasteiger partial charge in [-0.25, -0.2) is 4.39 Å². The molecule has 0 aromatic heterocycles. The van der Waals surface area contributed by atoms with E-state index < -0.39 is 47.5 Å². The summed E-state index contributed by atoms with van der Waals surface area (Å²) in [6.07, 6.45) is -0.823. The van der Waals surface area contributed by atoms with Crippen LogP contribution in [0.5, 0.6) is 0 Å². The van der Waals surface area contributed by atoms with E-state index in [9.17, 15) is 24.2 Å². The lowest BCUT2D eigenvalue weighted by molar-refractivity contribution is -0.124. The summed E-state index contributed by atoms with van der Waals surface area (Å²) in [6.45, 7) is 6.20. The Bertz CT molecular complexity index is 1280. The Balaban J connectivity index is 1.67. The Morgan fingerprint density at radius 1 is 1.13 bits per heavy atom. The topological polar surface area (TPSA) is 111 Å². The van der Waals surface area contributed by atoms with Crippen LogP contribution < -0.4 is 16.0 Å². The molecule has 1 aliphatic carbocycles. The van der Waals surface area contributed by atoms with Crippen molar-refractivity contribution in [2.24, 2.45) is 5.41 Å². The lowest BCUT2D eigenvalue weighted by Gasteiger charge is -2.37. The zero-order chi connectivity index (χ0) is 27.6. The molecule has 0 radical (unpaired) electrons. The number of benzene rings is 2. The van der Waals surface area contributed by atoms with Crippen molar-refractivity contribution in [3.8, 4) is 0 Å². The lowest BCUT2D eigenvalue weighted by Crippen LogP contribution is -2.49. The first-order valence-electron chi connectivity index (χ1n) is 12.8. The number of aliphatic hydroxyl groups is 2. The molecule has 38 heavy (non-hydrogen) atoms. The largest absolute Gasteiger partial charge is 0.390 e. The van der Waals surface area contributed by atoms with Crippen molar-refractivity contribution in [3.05, 3.63) is 63.4 Å². The quantitative estimate of drug-likeness (QED) is 0.387. The van der Waals surface area contributed by atoms with Gasteiger partial charge in [-0.1, -0.05) is 56.1 Å². The third-order valence-electron chi connectivity index (χ3n) is 8.05. The van der Waals surface area contributed by atoms with E-state index >= 15 is 0 Å². The molecule has 2 aliphatic heterocycles. The van der Waals surface area contributed by atoms with Gasteiger partial charge in [0.25, 0.3) is 0 Å². The summed E-state index contributed by atoms with van der Waals surface area (Å²) in [4.78, 5) is 28.0. The van der Waals surface area contributed by atoms with Crippen LogP contribution in [0.2, 0.25) is 10.0 Å². The Labute approximate surface area is 231 Å². The van der Waals surface area contributed by atoms with Crippen molar-refractivity contribution in [3.63, 3.8) is 0 Å². The summed E-state index contributed by atoms with van der Waals surface area (Å²) in [5.41, 5.74) is 0.400. The normalized spacial score (nSPS) is 32.5. The predicted molar refractivity (Wildman–Crippen MR) is 144 cm³/mol. The fourth-order valence-electron chi connectivity index (χ4n) is 6.53. The van der Waals surface area contributed by atoms with Crippen LogP contribution in [-0.4, -0.2) is 52.4 Å². The van der Waals surface area contributed by atoms with E-state index in [-0.39, 0.29) is 35.1 Å². The molecule has 1 spiro atoms. The number of hydrogen-bond donors (Lipinski definition) is 5. The average molecular weight is 564 g/mol. The molecule has 10 heteroatoms. The molecule has 1 saturated carbocycles. The molecule has 3 aliphatic rings. The number of rotatable bonds is 4. The van der Waals surface area contributed by atoms with E-state index in [0.29, 0.717) is 28.3 Å². The SMILES string of the molecule is CC(C)(C)C[C@H]1N[C@@H](C(=O)N[C@H]2C[C@@H](O)[C@@H](O)C2)[C@H](c2ccc(F)c(Cl)c2)[C@@]12C(=O)Nc1cc(Cl)ccc12. The molecule has 7 atom stereocenters. The lowest BCUT2D eigenvalue weighted by atomic mass is 9.62. The Morgan fingerprint density at radius 2 is 1.82 bits per heavy atom. The van der Waals surface area contributed by atoms with Crippen LogP contribution in [0.25, 0.3) is 0 Å². The average Bonchev–Trinajstić information content (AvgIpc) is 3.41. The third-order valence-corrected chi connectivity index (χ3v) is 8.57. The molecule has 2 aromatic rings. The Morgan fingerprint density at radius 3 is 2.45 bits per heavy atom. The molecule has 1 saturated heterocycles. The van der Waals surface area contributed by atoms with Gasteiger partial charge in [0.2, 0.25) is 11.8 Å². The summed E-state index contributed by atoms with van der Waals surface area (Å²) in [6, 6.07) is 7.76. The van der Waals surface area contributed by atoms with E-state index in [4.69, 9.17) is 23.2 Å². The van der Waals surface area contributed by atoms with Gasteiger partial charge in [0.15, 0.2) is 0 Å². The van der Waals surface area contributed by atoms with E-state index in [0.717, 1.165) is 0 Å². The van der Waals surface area contributed by atoms with Gasteiger partial charge in [-0.3, -0.25) is 9.59 Å². The summed E-state index contributed by atoms with van der Waals surface area (Å²) in [5.74, 6) is -1.98. The van der Waals surface area contributed by atoms with Crippen molar-refractivity contribution >= 4 is 40.7 Å². The van der Waals surface area contributed by atoms with Gasteiger partial charge in [0.1, 0.15) is 11.2 Å². The van der Waals surface area contributed by atoms with Crippen LogP contribution in [0.3, 0.4) is 0 Å². The summed E-state index contributed by atoms with van der Waals surface area (Å²) in [7, 11) is 0. The number of hydrogen-bond acceptors (Lipinski definition) is 5. The highest BCUT2D eigenvalue weighted by Gasteiger charge is 2.65. The van der Waals surface area contributed by atoms with Crippen molar-refractivity contribution in [1.29, 1.82) is 0 Å². The van der Waals surface area contributed by atoms with E-state index in [2.05, 4.69) is 36.7 Å². The molecule has 0 bridgehead atoms. The first-order chi connectivity index (χ1) is 17.8. The van der Waals surface area contributed by atoms with Gasteiger partial charge in [-0.05, 0) is 60.1 Å². The van der Waals surface area contributed by atoms with E-state index in [1.54, 1.807) is 18.2 Å². The highest BCUT2D eigenvalue weighted by Crippen LogP contribution is 2.56. The van der Waals surface area contributed by atoms with Crippen molar-refractivity contribution in [2.45, 2.75) is 81.7 Å². The molecule has 5 N–H and O–H groups in total. The maximum absolute atomic E-state index is 14.2. The molecular formula is C28H32Cl2FN3O4. The molecule has 2 heterocycles.